The van der Waals surface area contributed by atoms with Gasteiger partial charge in [0.15, 0.2) is 6.23 Å². The monoisotopic (exact) mass is 534 g/mol. The van der Waals surface area contributed by atoms with E-state index in [2.05, 4.69) is 30.2 Å². The summed E-state index contributed by atoms with van der Waals surface area (Å²) in [6, 6.07) is 6.47. The third-order valence-corrected chi connectivity index (χ3v) is 5.36. The van der Waals surface area contributed by atoms with E-state index in [1.54, 1.807) is 32.5 Å². The maximum absolute atomic E-state index is 8.80. The van der Waals surface area contributed by atoms with Crippen molar-refractivity contribution in [1.82, 2.24) is 19.6 Å². The summed E-state index contributed by atoms with van der Waals surface area (Å²) in [5.74, 6) is 0. The van der Waals surface area contributed by atoms with Crippen LogP contribution in [0.25, 0.3) is 22.2 Å². The van der Waals surface area contributed by atoms with Crippen molar-refractivity contribution in [2.45, 2.75) is 78.2 Å². The molecule has 0 spiro atoms. The zero-order valence-corrected chi connectivity index (χ0v) is 24.3. The molecule has 0 bridgehead atoms. The molecule has 0 amide bonds. The van der Waals surface area contributed by atoms with Crippen molar-refractivity contribution in [1.29, 1.82) is 0 Å². The first-order chi connectivity index (χ1) is 17.7. The number of benzene rings is 1. The van der Waals surface area contributed by atoms with Crippen LogP contribution in [0.2, 0.25) is 0 Å². The molecule has 0 aliphatic carbocycles. The molecule has 1 aliphatic heterocycles. The van der Waals surface area contributed by atoms with Crippen LogP contribution in [0, 0.1) is 6.92 Å². The number of thioether (sulfide) groups is 1. The maximum Gasteiger partial charge on any atom is 0.150 e. The Morgan fingerprint density at radius 3 is 2.54 bits per heavy atom. The van der Waals surface area contributed by atoms with Gasteiger partial charge in [-0.05, 0) is 84.4 Å². The van der Waals surface area contributed by atoms with E-state index in [-0.39, 0.29) is 12.8 Å². The third-order valence-electron chi connectivity index (χ3n) is 5.36. The summed E-state index contributed by atoms with van der Waals surface area (Å²) in [7, 11) is 0. The number of nitrogens with zero attached hydrogens (tertiary/aromatic N) is 4. The fourth-order valence-electron chi connectivity index (χ4n) is 3.79. The Kier molecular flexibility index (Phi) is 13.7. The second-order valence-electron chi connectivity index (χ2n) is 10.2. The first kappa shape index (κ1) is 31.3. The van der Waals surface area contributed by atoms with Gasteiger partial charge in [0.25, 0.3) is 0 Å². The summed E-state index contributed by atoms with van der Waals surface area (Å²) in [6.07, 6.45) is 13.0. The average molecular weight is 535 g/mol. The van der Waals surface area contributed by atoms with Crippen molar-refractivity contribution < 1.29 is 19.7 Å². The smallest absolute Gasteiger partial charge is 0.150 e. The van der Waals surface area contributed by atoms with Crippen LogP contribution < -0.4 is 0 Å². The van der Waals surface area contributed by atoms with Crippen LogP contribution in [0.3, 0.4) is 0 Å². The van der Waals surface area contributed by atoms with Gasteiger partial charge in [-0.2, -0.15) is 22.0 Å². The van der Waals surface area contributed by atoms with Gasteiger partial charge >= 0.3 is 0 Å². The Hall–Kier alpha value is -1.91. The fourth-order valence-corrected chi connectivity index (χ4v) is 3.79. The number of aliphatic hydroxyl groups is 2. The number of rotatable bonds is 9. The molecule has 1 unspecified atom stereocenters. The van der Waals surface area contributed by atoms with E-state index in [9.17, 15) is 0 Å². The number of aliphatic hydroxyl groups excluding tert-OH is 1. The summed E-state index contributed by atoms with van der Waals surface area (Å²) < 4.78 is 15.6. The lowest BCUT2D eigenvalue weighted by Gasteiger charge is -2.23. The number of aromatic nitrogens is 4. The van der Waals surface area contributed by atoms with E-state index in [1.807, 2.05) is 34.3 Å². The Labute approximate surface area is 226 Å². The molecule has 3 heterocycles. The Morgan fingerprint density at radius 1 is 1.16 bits per heavy atom. The van der Waals surface area contributed by atoms with Gasteiger partial charge in [-0.15, -0.1) is 0 Å². The highest BCUT2D eigenvalue weighted by atomic mass is 32.2. The van der Waals surface area contributed by atoms with Crippen LogP contribution in [0.4, 0.5) is 0 Å². The van der Waals surface area contributed by atoms with Crippen molar-refractivity contribution in [3.05, 3.63) is 36.2 Å². The number of hydrogen-bond acceptors (Lipinski definition) is 7. The number of hydrogen-bond donors (Lipinski definition) is 2. The second kappa shape index (κ2) is 16.1. The summed E-state index contributed by atoms with van der Waals surface area (Å²) in [6.45, 7) is 10.3. The molecule has 1 aliphatic rings. The normalized spacial score (nSPS) is 15.6. The summed E-state index contributed by atoms with van der Waals surface area (Å²) in [5.41, 5.74) is 3.78. The largest absolute Gasteiger partial charge is 0.396 e. The average Bonchev–Trinajstić information content (AvgIpc) is 3.46. The van der Waals surface area contributed by atoms with Gasteiger partial charge in [-0.3, -0.25) is 4.68 Å². The van der Waals surface area contributed by atoms with Crippen LogP contribution in [0.1, 0.15) is 64.7 Å². The number of ether oxygens (including phenoxy) is 2. The zero-order chi connectivity index (χ0) is 27.3. The standard InChI is InChI=1S/C22H30N4O3.C4H10O.C2H6S/c1-17-7-8-20-19(14-17)22(24-26(20)21-6-2-4-12-29-21)18-15-23-25(16-18)9-13-28-11-5-3-10-27;1-4(2,3)5;1-3-2/h7-8,14-16,21,27H,2-6,9-13H2,1H3;5H,1-3H3;1-2H3. The molecule has 1 fully saturated rings. The van der Waals surface area contributed by atoms with Gasteiger partial charge in [0.05, 0.1) is 30.5 Å². The molecule has 2 aromatic heterocycles. The maximum atomic E-state index is 8.80. The lowest BCUT2D eigenvalue weighted by atomic mass is 10.1. The molecule has 1 aromatic carbocycles. The van der Waals surface area contributed by atoms with Crippen molar-refractivity contribution in [2.75, 3.05) is 38.9 Å². The second-order valence-corrected chi connectivity index (χ2v) is 11.1. The predicted octanol–water partition coefficient (Wildman–Crippen LogP) is 5.45. The van der Waals surface area contributed by atoms with E-state index in [1.165, 1.54) is 12.0 Å². The molecule has 3 aromatic rings. The SMILES string of the molecule is CC(C)(C)O.CSC.Cc1ccc2c(c1)c(-c1cnn(CCOCCCCO)c1)nn2C1CCCCO1. The lowest BCUT2D eigenvalue weighted by Crippen LogP contribution is -2.19. The fraction of sp³-hybridized carbons (Fsp3) is 0.643. The number of aryl methyl sites for hydroxylation is 1. The Balaban J connectivity index is 0.000000530. The van der Waals surface area contributed by atoms with E-state index < -0.39 is 5.60 Å². The molecule has 1 saturated heterocycles. The Bertz CT molecular complexity index is 1030. The minimum atomic E-state index is -0.500. The summed E-state index contributed by atoms with van der Waals surface area (Å²) >= 11 is 1.75. The first-order valence-corrected chi connectivity index (χ1v) is 14.8. The molecule has 208 valence electrons. The first-order valence-electron chi connectivity index (χ1n) is 13.1. The molecule has 1 atom stereocenters. The van der Waals surface area contributed by atoms with Crippen LogP contribution in [-0.2, 0) is 16.0 Å². The van der Waals surface area contributed by atoms with Crippen molar-refractivity contribution >= 4 is 22.7 Å². The van der Waals surface area contributed by atoms with Crippen LogP contribution in [-0.4, -0.2) is 74.3 Å². The molecule has 0 saturated carbocycles. The molecular weight excluding hydrogens is 488 g/mol. The van der Waals surface area contributed by atoms with Gasteiger partial charge in [0.2, 0.25) is 0 Å². The molecule has 4 rings (SSSR count). The molecule has 9 heteroatoms. The minimum absolute atomic E-state index is 0.00470. The van der Waals surface area contributed by atoms with Gasteiger partial charge in [0, 0.05) is 37.0 Å². The molecule has 37 heavy (non-hydrogen) atoms. The van der Waals surface area contributed by atoms with Gasteiger partial charge < -0.3 is 19.7 Å². The van der Waals surface area contributed by atoms with E-state index >= 15 is 0 Å². The minimum Gasteiger partial charge on any atom is -0.396 e. The van der Waals surface area contributed by atoms with E-state index in [0.717, 1.165) is 54.5 Å². The Morgan fingerprint density at radius 2 is 1.89 bits per heavy atom. The molecule has 0 radical (unpaired) electrons. The highest BCUT2D eigenvalue weighted by Gasteiger charge is 2.22. The molecular formula is C28H46N4O4S. The summed E-state index contributed by atoms with van der Waals surface area (Å²) in [4.78, 5) is 0. The zero-order valence-electron chi connectivity index (χ0n) is 23.4. The summed E-state index contributed by atoms with van der Waals surface area (Å²) in [5, 5.41) is 27.9. The van der Waals surface area contributed by atoms with Crippen molar-refractivity contribution in [2.24, 2.45) is 0 Å². The van der Waals surface area contributed by atoms with E-state index in [0.29, 0.717) is 19.8 Å². The van der Waals surface area contributed by atoms with Gasteiger partial charge in [0.1, 0.15) is 5.69 Å². The highest BCUT2D eigenvalue weighted by Crippen LogP contribution is 2.33. The van der Waals surface area contributed by atoms with Crippen molar-refractivity contribution in [3.8, 4) is 11.3 Å². The number of fused-ring (bicyclic) bond motifs is 1. The predicted molar refractivity (Wildman–Crippen MR) is 153 cm³/mol. The van der Waals surface area contributed by atoms with E-state index in [4.69, 9.17) is 24.8 Å². The van der Waals surface area contributed by atoms with Crippen LogP contribution in [0.15, 0.2) is 30.6 Å². The molecule has 2 N–H and O–H groups in total. The van der Waals surface area contributed by atoms with Crippen molar-refractivity contribution in [3.63, 3.8) is 0 Å². The topological polar surface area (TPSA) is 94.6 Å². The van der Waals surface area contributed by atoms with Gasteiger partial charge in [-0.1, -0.05) is 11.6 Å². The lowest BCUT2D eigenvalue weighted by molar-refractivity contribution is -0.0365. The third kappa shape index (κ3) is 11.2. The highest BCUT2D eigenvalue weighted by molar-refractivity contribution is 7.97. The van der Waals surface area contributed by atoms with Crippen LogP contribution >= 0.6 is 11.8 Å². The van der Waals surface area contributed by atoms with Gasteiger partial charge in [-0.25, -0.2) is 4.68 Å². The molecule has 8 nitrogen and oxygen atoms in total. The quantitative estimate of drug-likeness (QED) is 0.352. The number of unbranched alkanes of at least 4 members (excludes halogenated alkanes) is 1. The van der Waals surface area contributed by atoms with Crippen LogP contribution in [0.5, 0.6) is 0 Å².